The maximum Gasteiger partial charge on any atom is 0.465 e. The lowest BCUT2D eigenvalue weighted by atomic mass is 9.30. The van der Waals surface area contributed by atoms with Crippen LogP contribution in [0.15, 0.2) is 0 Å². The highest BCUT2D eigenvalue weighted by Crippen LogP contribution is 2.85. The van der Waals surface area contributed by atoms with Crippen LogP contribution in [0.1, 0.15) is 38.5 Å². The number of ether oxygens (including phenoxy) is 1. The van der Waals surface area contributed by atoms with Crippen molar-refractivity contribution in [2.45, 2.75) is 49.4 Å². The summed E-state index contributed by atoms with van der Waals surface area (Å²) >= 11 is 0. The van der Waals surface area contributed by atoms with E-state index in [2.05, 4.69) is 4.74 Å². The second-order valence-corrected chi connectivity index (χ2v) is 9.29. The van der Waals surface area contributed by atoms with E-state index >= 15 is 0 Å². The smallest absolute Gasteiger partial charge is 0.460 e. The molecule has 0 aromatic carbocycles. The number of fused-ring (bicyclic) bond motifs is 1. The van der Waals surface area contributed by atoms with Crippen LogP contribution in [-0.4, -0.2) is 41.5 Å². The first-order chi connectivity index (χ1) is 10.5. The molecule has 1 spiro atoms. The van der Waals surface area contributed by atoms with Crippen molar-refractivity contribution in [2.24, 2.45) is 22.7 Å². The van der Waals surface area contributed by atoms with Gasteiger partial charge >= 0.3 is 21.3 Å². The molecule has 0 radical (unpaired) electrons. The van der Waals surface area contributed by atoms with Crippen LogP contribution in [0.5, 0.6) is 0 Å². The fraction of sp³-hybridized carbons (Fsp3) is 0.929. The van der Waals surface area contributed by atoms with E-state index in [0.717, 1.165) is 12.8 Å². The first kappa shape index (κ1) is 15.7. The highest BCUT2D eigenvalue weighted by molar-refractivity contribution is 7.87. The van der Waals surface area contributed by atoms with Gasteiger partial charge in [0.25, 0.3) is 0 Å². The Morgan fingerprint density at radius 2 is 1.96 bits per heavy atom. The molecule has 6 nitrogen and oxygen atoms in total. The van der Waals surface area contributed by atoms with E-state index < -0.39 is 32.4 Å². The molecular formula is C14H18F2O6S. The standard InChI is InChI=1S/C14H18F2O6S/c15-14(16,23(19,20)21)10(17)22-7-13-5-9-3-11(18)2-1-8(13)4-12(9,13)6-11/h8-9,18H,1-7H2,(H,19,20,21). The number of hydrogen-bond donors (Lipinski definition) is 2. The predicted molar refractivity (Wildman–Crippen MR) is 72.0 cm³/mol. The summed E-state index contributed by atoms with van der Waals surface area (Å²) in [6.07, 6.45) is 4.37. The van der Waals surface area contributed by atoms with E-state index in [1.54, 1.807) is 0 Å². The summed E-state index contributed by atoms with van der Waals surface area (Å²) in [4.78, 5) is 11.4. The van der Waals surface area contributed by atoms with Gasteiger partial charge in [0.2, 0.25) is 0 Å². The molecule has 0 heterocycles. The normalized spacial score (nSPS) is 47.3. The molecule has 0 aliphatic heterocycles. The van der Waals surface area contributed by atoms with Crippen molar-refractivity contribution in [2.75, 3.05) is 6.61 Å². The average Bonchev–Trinajstić information content (AvgIpc) is 2.53. The summed E-state index contributed by atoms with van der Waals surface area (Å²) in [7, 11) is -5.84. The monoisotopic (exact) mass is 352 g/mol. The van der Waals surface area contributed by atoms with Gasteiger partial charge in [0, 0.05) is 5.41 Å². The van der Waals surface area contributed by atoms with E-state index in [4.69, 9.17) is 4.55 Å². The Morgan fingerprint density at radius 3 is 2.61 bits per heavy atom. The molecule has 0 saturated heterocycles. The van der Waals surface area contributed by atoms with E-state index in [1.165, 1.54) is 0 Å². The third kappa shape index (κ3) is 1.68. The molecule has 5 saturated carbocycles. The largest absolute Gasteiger partial charge is 0.465 e. The topological polar surface area (TPSA) is 101 Å². The summed E-state index contributed by atoms with van der Waals surface area (Å²) in [5.74, 6) is -1.70. The molecule has 9 heteroatoms. The van der Waals surface area contributed by atoms with Crippen LogP contribution in [0.4, 0.5) is 8.78 Å². The van der Waals surface area contributed by atoms with Gasteiger partial charge in [-0.05, 0) is 55.8 Å². The van der Waals surface area contributed by atoms with Crippen LogP contribution >= 0.6 is 0 Å². The number of alkyl halides is 2. The van der Waals surface area contributed by atoms with Crippen molar-refractivity contribution in [3.05, 3.63) is 0 Å². The zero-order valence-corrected chi connectivity index (χ0v) is 13.1. The minimum absolute atomic E-state index is 0.156. The molecule has 5 fully saturated rings. The van der Waals surface area contributed by atoms with Gasteiger partial charge in [-0.15, -0.1) is 0 Å². The fourth-order valence-electron chi connectivity index (χ4n) is 6.05. The highest BCUT2D eigenvalue weighted by Gasteiger charge is 2.81. The van der Waals surface area contributed by atoms with Crippen molar-refractivity contribution in [3.8, 4) is 0 Å². The van der Waals surface area contributed by atoms with Crippen LogP contribution in [0.25, 0.3) is 0 Å². The van der Waals surface area contributed by atoms with E-state index in [1.807, 2.05) is 0 Å². The van der Waals surface area contributed by atoms with Crippen LogP contribution in [0.3, 0.4) is 0 Å². The number of carbonyl (C=O) groups excluding carboxylic acids is 1. The number of rotatable bonds is 4. The molecule has 5 aliphatic carbocycles. The number of halogens is 2. The van der Waals surface area contributed by atoms with Crippen molar-refractivity contribution in [1.29, 1.82) is 0 Å². The van der Waals surface area contributed by atoms with Crippen molar-refractivity contribution < 1.29 is 36.4 Å². The van der Waals surface area contributed by atoms with Gasteiger partial charge in [-0.2, -0.15) is 17.2 Å². The second kappa shape index (κ2) is 4.05. The van der Waals surface area contributed by atoms with Gasteiger partial charge in [0.1, 0.15) is 0 Å². The summed E-state index contributed by atoms with van der Waals surface area (Å²) in [6.45, 7) is -0.270. The molecule has 5 atom stereocenters. The van der Waals surface area contributed by atoms with E-state index in [-0.39, 0.29) is 17.9 Å². The first-order valence-corrected chi connectivity index (χ1v) is 9.14. The highest BCUT2D eigenvalue weighted by atomic mass is 32.2. The summed E-state index contributed by atoms with van der Waals surface area (Å²) < 4.78 is 60.9. The predicted octanol–water partition coefficient (Wildman–Crippen LogP) is 1.34. The SMILES string of the molecule is O=C(OCC12CC3CC4(O)CCC1CC32C4)C(F)(F)S(=O)(=O)O. The summed E-state index contributed by atoms with van der Waals surface area (Å²) in [5, 5.41) is 5.63. The molecule has 23 heavy (non-hydrogen) atoms. The Balaban J connectivity index is 1.52. The van der Waals surface area contributed by atoms with E-state index in [0.29, 0.717) is 31.6 Å². The van der Waals surface area contributed by atoms with E-state index in [9.17, 15) is 27.1 Å². The van der Waals surface area contributed by atoms with Gasteiger partial charge in [-0.1, -0.05) is 0 Å². The van der Waals surface area contributed by atoms with Gasteiger partial charge in [-0.25, -0.2) is 4.79 Å². The van der Waals surface area contributed by atoms with Gasteiger partial charge < -0.3 is 9.84 Å². The zero-order valence-electron chi connectivity index (χ0n) is 12.3. The molecule has 5 rings (SSSR count). The Labute approximate surface area is 131 Å². The quantitative estimate of drug-likeness (QED) is 0.585. The Kier molecular flexibility index (Phi) is 2.77. The third-order valence-corrected chi connectivity index (χ3v) is 7.84. The Bertz CT molecular complexity index is 693. The lowest BCUT2D eigenvalue weighted by Crippen LogP contribution is -2.70. The van der Waals surface area contributed by atoms with Gasteiger partial charge in [0.15, 0.2) is 0 Å². The number of aliphatic hydroxyl groups is 1. The molecule has 3 bridgehead atoms. The van der Waals surface area contributed by atoms with Crippen LogP contribution in [-0.2, 0) is 19.6 Å². The molecular weight excluding hydrogens is 334 g/mol. The number of carbonyl (C=O) groups is 1. The molecule has 0 aromatic rings. The lowest BCUT2D eigenvalue weighted by molar-refractivity contribution is -0.284. The molecule has 0 aromatic heterocycles. The van der Waals surface area contributed by atoms with Crippen LogP contribution in [0.2, 0.25) is 0 Å². The maximum atomic E-state index is 13.3. The minimum atomic E-state index is -5.84. The molecule has 2 N–H and O–H groups in total. The first-order valence-electron chi connectivity index (χ1n) is 7.70. The Hall–Kier alpha value is -0.800. The summed E-state index contributed by atoms with van der Waals surface area (Å²) in [6, 6.07) is 0. The molecule has 5 unspecified atom stereocenters. The minimum Gasteiger partial charge on any atom is -0.460 e. The second-order valence-electron chi connectivity index (χ2n) is 7.83. The molecule has 130 valence electrons. The van der Waals surface area contributed by atoms with Gasteiger partial charge in [0.05, 0.1) is 12.2 Å². The van der Waals surface area contributed by atoms with Crippen molar-refractivity contribution >= 4 is 16.1 Å². The fourth-order valence-corrected chi connectivity index (χ4v) is 6.32. The lowest BCUT2D eigenvalue weighted by Gasteiger charge is -2.74. The zero-order chi connectivity index (χ0) is 16.9. The maximum absolute atomic E-state index is 13.3. The van der Waals surface area contributed by atoms with Crippen LogP contribution < -0.4 is 0 Å². The van der Waals surface area contributed by atoms with Crippen molar-refractivity contribution in [1.82, 2.24) is 0 Å². The third-order valence-electron chi connectivity index (χ3n) is 7.03. The molecule has 0 amide bonds. The van der Waals surface area contributed by atoms with Crippen molar-refractivity contribution in [3.63, 3.8) is 0 Å². The number of hydrogen-bond acceptors (Lipinski definition) is 5. The number of esters is 1. The van der Waals surface area contributed by atoms with Crippen LogP contribution in [0, 0.1) is 22.7 Å². The molecule has 5 aliphatic rings. The average molecular weight is 352 g/mol. The summed E-state index contributed by atoms with van der Waals surface area (Å²) in [5.41, 5.74) is -1.26. The van der Waals surface area contributed by atoms with Gasteiger partial charge in [-0.3, -0.25) is 4.55 Å². The Morgan fingerprint density at radius 1 is 1.26 bits per heavy atom.